The first-order valence-corrected chi connectivity index (χ1v) is 5.17. The van der Waals surface area contributed by atoms with E-state index in [-0.39, 0.29) is 18.4 Å². The van der Waals surface area contributed by atoms with Crippen LogP contribution in [0, 0.1) is 5.92 Å². The second kappa shape index (κ2) is 6.81. The third kappa shape index (κ3) is 5.33. The lowest BCUT2D eigenvalue weighted by molar-refractivity contribution is -0.143. The molecule has 6 nitrogen and oxygen atoms in total. The summed E-state index contributed by atoms with van der Waals surface area (Å²) in [7, 11) is 0. The fourth-order valence-electron chi connectivity index (χ4n) is 1.04. The van der Waals surface area contributed by atoms with Crippen LogP contribution in [0.2, 0.25) is 0 Å². The summed E-state index contributed by atoms with van der Waals surface area (Å²) < 4.78 is 0. The number of hydrogen-bond acceptors (Lipinski definition) is 3. The lowest BCUT2D eigenvalue weighted by Crippen LogP contribution is -2.47. The zero-order valence-corrected chi connectivity index (χ0v) is 9.74. The molecule has 0 aliphatic heterocycles. The van der Waals surface area contributed by atoms with E-state index in [1.807, 2.05) is 0 Å². The number of aliphatic carboxylic acids is 1. The summed E-state index contributed by atoms with van der Waals surface area (Å²) in [5.41, 5.74) is 0. The summed E-state index contributed by atoms with van der Waals surface area (Å²) in [6.45, 7) is 4.87. The van der Waals surface area contributed by atoms with Crippen molar-refractivity contribution in [1.82, 2.24) is 10.6 Å². The monoisotopic (exact) mass is 230 g/mol. The normalized spacial score (nSPS) is 12.0. The van der Waals surface area contributed by atoms with Crippen LogP contribution in [0.25, 0.3) is 0 Å². The SMILES string of the molecule is CCC(=O)NCC(=O)NC(C(=O)O)C(C)C. The standard InChI is InChI=1S/C10H18N2O4/c1-4-7(13)11-5-8(14)12-9(6(2)3)10(15)16/h6,9H,4-5H2,1-3H3,(H,11,13)(H,12,14)(H,15,16). The first kappa shape index (κ1) is 14.4. The van der Waals surface area contributed by atoms with E-state index in [9.17, 15) is 14.4 Å². The fraction of sp³-hybridized carbons (Fsp3) is 0.700. The molecule has 16 heavy (non-hydrogen) atoms. The van der Waals surface area contributed by atoms with Crippen molar-refractivity contribution >= 4 is 17.8 Å². The molecule has 0 spiro atoms. The van der Waals surface area contributed by atoms with E-state index in [0.29, 0.717) is 6.42 Å². The second-order valence-electron chi connectivity index (χ2n) is 3.76. The van der Waals surface area contributed by atoms with Crippen LogP contribution in [0.4, 0.5) is 0 Å². The topological polar surface area (TPSA) is 95.5 Å². The van der Waals surface area contributed by atoms with Gasteiger partial charge in [0.15, 0.2) is 0 Å². The molecule has 0 saturated carbocycles. The van der Waals surface area contributed by atoms with Crippen molar-refractivity contribution in [2.24, 2.45) is 5.92 Å². The van der Waals surface area contributed by atoms with Crippen molar-refractivity contribution in [3.63, 3.8) is 0 Å². The minimum atomic E-state index is -1.08. The van der Waals surface area contributed by atoms with Crippen LogP contribution in [0.5, 0.6) is 0 Å². The maximum Gasteiger partial charge on any atom is 0.326 e. The molecule has 0 aliphatic carbocycles. The highest BCUT2D eigenvalue weighted by Gasteiger charge is 2.23. The predicted octanol–water partition coefficient (Wildman–Crippen LogP) is -0.262. The molecule has 0 aromatic heterocycles. The third-order valence-corrected chi connectivity index (χ3v) is 2.02. The number of amides is 2. The largest absolute Gasteiger partial charge is 0.480 e. The van der Waals surface area contributed by atoms with Crippen LogP contribution in [0.1, 0.15) is 27.2 Å². The average molecular weight is 230 g/mol. The van der Waals surface area contributed by atoms with Crippen LogP contribution in [-0.4, -0.2) is 35.5 Å². The van der Waals surface area contributed by atoms with Gasteiger partial charge < -0.3 is 15.7 Å². The van der Waals surface area contributed by atoms with Gasteiger partial charge in [0.05, 0.1) is 6.54 Å². The van der Waals surface area contributed by atoms with E-state index < -0.39 is 17.9 Å². The Bertz CT molecular complexity index is 276. The highest BCUT2D eigenvalue weighted by molar-refractivity contribution is 5.87. The summed E-state index contributed by atoms with van der Waals surface area (Å²) >= 11 is 0. The summed E-state index contributed by atoms with van der Waals surface area (Å²) in [4.78, 5) is 32.9. The minimum Gasteiger partial charge on any atom is -0.480 e. The van der Waals surface area contributed by atoms with Gasteiger partial charge in [0.25, 0.3) is 0 Å². The van der Waals surface area contributed by atoms with Crippen molar-refractivity contribution in [2.45, 2.75) is 33.2 Å². The quantitative estimate of drug-likeness (QED) is 0.585. The molecule has 0 aromatic carbocycles. The Balaban J connectivity index is 4.11. The van der Waals surface area contributed by atoms with Crippen molar-refractivity contribution in [3.8, 4) is 0 Å². The van der Waals surface area contributed by atoms with Crippen LogP contribution in [0.15, 0.2) is 0 Å². The van der Waals surface area contributed by atoms with Gasteiger partial charge in [-0.25, -0.2) is 4.79 Å². The van der Waals surface area contributed by atoms with Crippen LogP contribution in [0.3, 0.4) is 0 Å². The minimum absolute atomic E-state index is 0.191. The van der Waals surface area contributed by atoms with Crippen LogP contribution in [-0.2, 0) is 14.4 Å². The van der Waals surface area contributed by atoms with Crippen molar-refractivity contribution in [3.05, 3.63) is 0 Å². The van der Waals surface area contributed by atoms with Crippen LogP contribution >= 0.6 is 0 Å². The van der Waals surface area contributed by atoms with Crippen LogP contribution < -0.4 is 10.6 Å². The Labute approximate surface area is 94.4 Å². The van der Waals surface area contributed by atoms with Gasteiger partial charge in [-0.15, -0.1) is 0 Å². The molecule has 0 aromatic rings. The van der Waals surface area contributed by atoms with Gasteiger partial charge in [-0.2, -0.15) is 0 Å². The van der Waals surface area contributed by atoms with Gasteiger partial charge in [0, 0.05) is 6.42 Å². The van der Waals surface area contributed by atoms with E-state index in [1.54, 1.807) is 20.8 Å². The fourth-order valence-corrected chi connectivity index (χ4v) is 1.04. The number of hydrogen-bond donors (Lipinski definition) is 3. The first-order valence-electron chi connectivity index (χ1n) is 5.17. The number of carboxylic acids is 1. The Morgan fingerprint density at radius 3 is 2.12 bits per heavy atom. The summed E-state index contributed by atoms with van der Waals surface area (Å²) in [5.74, 6) is -2.03. The molecule has 92 valence electrons. The van der Waals surface area contributed by atoms with Gasteiger partial charge in [0.1, 0.15) is 6.04 Å². The molecule has 0 saturated heterocycles. The van der Waals surface area contributed by atoms with E-state index in [1.165, 1.54) is 0 Å². The Hall–Kier alpha value is -1.59. The van der Waals surface area contributed by atoms with Crippen molar-refractivity contribution < 1.29 is 19.5 Å². The maximum absolute atomic E-state index is 11.3. The summed E-state index contributed by atoms with van der Waals surface area (Å²) in [6.07, 6.45) is 0.291. The van der Waals surface area contributed by atoms with Gasteiger partial charge in [-0.1, -0.05) is 20.8 Å². The molecule has 0 heterocycles. The Morgan fingerprint density at radius 2 is 1.75 bits per heavy atom. The number of rotatable bonds is 6. The zero-order valence-electron chi connectivity index (χ0n) is 9.74. The maximum atomic E-state index is 11.3. The van der Waals surface area contributed by atoms with E-state index >= 15 is 0 Å². The van der Waals surface area contributed by atoms with Gasteiger partial charge in [-0.3, -0.25) is 9.59 Å². The molecule has 6 heteroatoms. The lowest BCUT2D eigenvalue weighted by Gasteiger charge is -2.17. The lowest BCUT2D eigenvalue weighted by atomic mass is 10.1. The van der Waals surface area contributed by atoms with E-state index in [0.717, 1.165) is 0 Å². The van der Waals surface area contributed by atoms with Crippen molar-refractivity contribution in [2.75, 3.05) is 6.54 Å². The molecule has 0 bridgehead atoms. The molecule has 0 fully saturated rings. The average Bonchev–Trinajstić information content (AvgIpc) is 2.21. The molecule has 1 atom stereocenters. The molecule has 0 aliphatic rings. The summed E-state index contributed by atoms with van der Waals surface area (Å²) in [5, 5.41) is 13.5. The molecular weight excluding hydrogens is 212 g/mol. The Kier molecular flexibility index (Phi) is 6.14. The highest BCUT2D eigenvalue weighted by Crippen LogP contribution is 2.00. The van der Waals surface area contributed by atoms with Gasteiger partial charge >= 0.3 is 5.97 Å². The number of carbonyl (C=O) groups excluding carboxylic acids is 2. The smallest absolute Gasteiger partial charge is 0.326 e. The summed E-state index contributed by atoms with van der Waals surface area (Å²) in [6, 6.07) is -0.925. The van der Waals surface area contributed by atoms with Gasteiger partial charge in [0.2, 0.25) is 11.8 Å². The number of carbonyl (C=O) groups is 3. The third-order valence-electron chi connectivity index (χ3n) is 2.02. The van der Waals surface area contributed by atoms with Crippen molar-refractivity contribution in [1.29, 1.82) is 0 Å². The zero-order chi connectivity index (χ0) is 12.7. The molecule has 1 unspecified atom stereocenters. The molecule has 0 radical (unpaired) electrons. The highest BCUT2D eigenvalue weighted by atomic mass is 16.4. The number of nitrogens with one attached hydrogen (secondary N) is 2. The second-order valence-corrected chi connectivity index (χ2v) is 3.76. The molecule has 3 N–H and O–H groups in total. The molecule has 2 amide bonds. The number of carboxylic acid groups (broad SMARTS) is 1. The predicted molar refractivity (Wildman–Crippen MR) is 57.7 cm³/mol. The first-order chi connectivity index (χ1) is 7.38. The van der Waals surface area contributed by atoms with E-state index in [4.69, 9.17) is 5.11 Å². The molecule has 0 rings (SSSR count). The Morgan fingerprint density at radius 1 is 1.19 bits per heavy atom. The van der Waals surface area contributed by atoms with E-state index in [2.05, 4.69) is 10.6 Å². The molecular formula is C10H18N2O4. The van der Waals surface area contributed by atoms with Gasteiger partial charge in [-0.05, 0) is 5.92 Å².